The van der Waals surface area contributed by atoms with E-state index in [0.717, 1.165) is 117 Å². The molecular weight excluding hydrogens is 739 g/mol. The van der Waals surface area contributed by atoms with Crippen molar-refractivity contribution in [3.8, 4) is 0 Å². The molecule has 5 amide bonds. The van der Waals surface area contributed by atoms with Gasteiger partial charge in [0.2, 0.25) is 11.8 Å². The highest BCUT2D eigenvalue weighted by atomic mass is 16.2. The molecular formula is C42H49N11O5. The quantitative estimate of drug-likeness (QED) is 0.188. The first-order valence-electron chi connectivity index (χ1n) is 20.7. The van der Waals surface area contributed by atoms with E-state index >= 15 is 0 Å². The molecule has 5 aliphatic rings. The number of amides is 5. The van der Waals surface area contributed by atoms with Crippen LogP contribution < -0.4 is 20.9 Å². The smallest absolute Gasteiger partial charge is 0.270 e. The molecule has 0 spiro atoms. The van der Waals surface area contributed by atoms with Gasteiger partial charge < -0.3 is 25.0 Å². The van der Waals surface area contributed by atoms with E-state index in [9.17, 15) is 24.0 Å². The van der Waals surface area contributed by atoms with Crippen LogP contribution in [0.15, 0.2) is 49.1 Å². The number of imide groups is 2. The molecule has 3 saturated heterocycles. The molecule has 1 aliphatic carbocycles. The maximum Gasteiger partial charge on any atom is 0.270 e. The molecule has 302 valence electrons. The number of anilines is 2. The van der Waals surface area contributed by atoms with Crippen molar-refractivity contribution >= 4 is 52.2 Å². The van der Waals surface area contributed by atoms with Crippen LogP contribution in [0, 0.1) is 18.8 Å². The molecule has 0 unspecified atom stereocenters. The Kier molecular flexibility index (Phi) is 10.3. The van der Waals surface area contributed by atoms with Gasteiger partial charge in [0.05, 0.1) is 23.1 Å². The van der Waals surface area contributed by atoms with Crippen molar-refractivity contribution in [3.05, 3.63) is 71.6 Å². The van der Waals surface area contributed by atoms with Crippen molar-refractivity contribution in [2.24, 2.45) is 11.8 Å². The average molecular weight is 788 g/mol. The van der Waals surface area contributed by atoms with Gasteiger partial charge in [-0.2, -0.15) is 0 Å². The molecule has 58 heavy (non-hydrogen) atoms. The van der Waals surface area contributed by atoms with Crippen LogP contribution in [-0.4, -0.2) is 115 Å². The van der Waals surface area contributed by atoms with Gasteiger partial charge in [-0.25, -0.2) is 19.9 Å². The molecule has 16 nitrogen and oxygen atoms in total. The van der Waals surface area contributed by atoms with E-state index in [1.807, 2.05) is 37.5 Å². The highest BCUT2D eigenvalue weighted by molar-refractivity contribution is 6.25. The molecule has 7 heterocycles. The molecule has 4 aliphatic heterocycles. The van der Waals surface area contributed by atoms with Gasteiger partial charge in [0, 0.05) is 50.4 Å². The molecule has 0 bridgehead atoms. The Labute approximate surface area is 336 Å². The zero-order valence-electron chi connectivity index (χ0n) is 32.7. The molecule has 16 heteroatoms. The predicted octanol–water partition coefficient (Wildman–Crippen LogP) is 3.50. The van der Waals surface area contributed by atoms with E-state index < -0.39 is 23.8 Å². The average Bonchev–Trinajstić information content (AvgIpc) is 3.75. The minimum Gasteiger partial charge on any atom is -0.371 e. The molecule has 1 saturated carbocycles. The number of piperidine rings is 3. The van der Waals surface area contributed by atoms with E-state index in [1.54, 1.807) is 18.5 Å². The zero-order valence-corrected chi connectivity index (χ0v) is 32.7. The van der Waals surface area contributed by atoms with Crippen LogP contribution in [0.5, 0.6) is 0 Å². The second-order valence-electron chi connectivity index (χ2n) is 16.5. The largest absolute Gasteiger partial charge is 0.371 e. The second kappa shape index (κ2) is 15.9. The maximum atomic E-state index is 13.6. The summed E-state index contributed by atoms with van der Waals surface area (Å²) >= 11 is 0. The number of aromatic nitrogens is 5. The lowest BCUT2D eigenvalue weighted by molar-refractivity contribution is -0.136. The van der Waals surface area contributed by atoms with Gasteiger partial charge in [-0.3, -0.25) is 34.2 Å². The van der Waals surface area contributed by atoms with Crippen molar-refractivity contribution in [2.45, 2.75) is 82.8 Å². The Morgan fingerprint density at radius 3 is 2.43 bits per heavy atom. The summed E-state index contributed by atoms with van der Waals surface area (Å²) in [5, 5.41) is 8.91. The standard InChI is InChI=1S/C42H49N11O5/c1-25-4-2-6-31(47-25)39(55)48-28-20-29(21-28)52-24-46-36-37(44-23-45-38(36)52)43-15-10-26-11-16-50(17-12-26)22-27-13-18-51(19-14-27)32-7-3-5-30-35(32)42(58)53(41(30)57)33-8-9-34(54)49-40(33)56/h2-7,23-24,26-29,33H,8-22H2,1H3,(H,48,55)(H,43,44,45)(H,49,54,56)/t28?,29?,33-/m0/s1. The normalized spacial score (nSPS) is 23.2. The van der Waals surface area contributed by atoms with Crippen molar-refractivity contribution in [1.82, 2.24) is 44.9 Å². The number of imidazole rings is 1. The van der Waals surface area contributed by atoms with Gasteiger partial charge in [-0.15, -0.1) is 0 Å². The van der Waals surface area contributed by atoms with E-state index in [4.69, 9.17) is 0 Å². The lowest BCUT2D eigenvalue weighted by Crippen LogP contribution is -2.54. The Balaban J connectivity index is 0.710. The number of hydrogen-bond acceptors (Lipinski definition) is 12. The monoisotopic (exact) mass is 787 g/mol. The third-order valence-electron chi connectivity index (χ3n) is 12.8. The minimum absolute atomic E-state index is 0.0852. The zero-order chi connectivity index (χ0) is 39.9. The molecule has 4 fully saturated rings. The number of likely N-dealkylation sites (tertiary alicyclic amines) is 1. The number of nitrogens with zero attached hydrogens (tertiary/aromatic N) is 8. The molecule has 0 radical (unpaired) electrons. The topological polar surface area (TPSA) is 188 Å². The Morgan fingerprint density at radius 2 is 1.66 bits per heavy atom. The molecule has 4 aromatic rings. The molecule has 1 atom stereocenters. The van der Waals surface area contributed by atoms with E-state index in [-0.39, 0.29) is 36.7 Å². The van der Waals surface area contributed by atoms with Gasteiger partial charge in [0.1, 0.15) is 23.6 Å². The van der Waals surface area contributed by atoms with E-state index in [1.165, 1.54) is 0 Å². The molecule has 9 rings (SSSR count). The Bertz CT molecular complexity index is 2250. The summed E-state index contributed by atoms with van der Waals surface area (Å²) in [5.74, 6) is -0.0904. The number of rotatable bonds is 11. The van der Waals surface area contributed by atoms with Crippen LogP contribution >= 0.6 is 0 Å². The lowest BCUT2D eigenvalue weighted by Gasteiger charge is -2.38. The van der Waals surface area contributed by atoms with Crippen molar-refractivity contribution in [2.75, 3.05) is 49.5 Å². The van der Waals surface area contributed by atoms with Gasteiger partial charge in [0.25, 0.3) is 17.7 Å². The van der Waals surface area contributed by atoms with E-state index in [2.05, 4.69) is 50.3 Å². The van der Waals surface area contributed by atoms with Crippen molar-refractivity contribution in [3.63, 3.8) is 0 Å². The number of fused-ring (bicyclic) bond motifs is 2. The molecule has 1 aromatic carbocycles. The van der Waals surface area contributed by atoms with Crippen molar-refractivity contribution in [1.29, 1.82) is 0 Å². The summed E-state index contributed by atoms with van der Waals surface area (Å²) in [6.07, 6.45) is 10.7. The number of carbonyl (C=O) groups is 5. The summed E-state index contributed by atoms with van der Waals surface area (Å²) in [4.78, 5) is 87.8. The lowest BCUT2D eigenvalue weighted by atomic mass is 9.86. The number of benzene rings is 1. The number of hydrogen-bond donors (Lipinski definition) is 3. The number of pyridine rings is 1. The first-order chi connectivity index (χ1) is 28.2. The fraction of sp³-hybridized carbons (Fsp3) is 0.500. The number of aryl methyl sites for hydroxylation is 1. The van der Waals surface area contributed by atoms with Crippen LogP contribution in [0.2, 0.25) is 0 Å². The summed E-state index contributed by atoms with van der Waals surface area (Å²) < 4.78 is 2.10. The third kappa shape index (κ3) is 7.40. The summed E-state index contributed by atoms with van der Waals surface area (Å²) in [6.45, 7) is 7.50. The van der Waals surface area contributed by atoms with Gasteiger partial charge in [-0.05, 0) is 107 Å². The second-order valence-corrected chi connectivity index (χ2v) is 16.5. The predicted molar refractivity (Wildman–Crippen MR) is 214 cm³/mol. The Morgan fingerprint density at radius 1 is 0.879 bits per heavy atom. The van der Waals surface area contributed by atoms with Crippen LogP contribution in [-0.2, 0) is 9.59 Å². The summed E-state index contributed by atoms with van der Waals surface area (Å²) in [6, 6.07) is 10.2. The van der Waals surface area contributed by atoms with Crippen molar-refractivity contribution < 1.29 is 24.0 Å². The molecule has 3 N–H and O–H groups in total. The van der Waals surface area contributed by atoms with Gasteiger partial charge in [0.15, 0.2) is 11.5 Å². The number of carbonyl (C=O) groups excluding carboxylic acids is 5. The van der Waals surface area contributed by atoms with Crippen LogP contribution in [0.1, 0.15) is 101 Å². The Hall–Kier alpha value is -5.77. The molecule has 3 aromatic heterocycles. The first kappa shape index (κ1) is 37.8. The number of nitrogens with one attached hydrogen (secondary N) is 3. The minimum atomic E-state index is -0.969. The van der Waals surface area contributed by atoms with Gasteiger partial charge >= 0.3 is 0 Å². The third-order valence-corrected chi connectivity index (χ3v) is 12.8. The highest BCUT2D eigenvalue weighted by Crippen LogP contribution is 2.37. The fourth-order valence-electron chi connectivity index (χ4n) is 9.44. The van der Waals surface area contributed by atoms with Crippen LogP contribution in [0.25, 0.3) is 11.2 Å². The van der Waals surface area contributed by atoms with E-state index in [0.29, 0.717) is 28.7 Å². The van der Waals surface area contributed by atoms with Gasteiger partial charge in [-0.1, -0.05) is 12.1 Å². The SMILES string of the molecule is Cc1cccc(C(=O)NC2CC(n3cnc4c(NCCC5CCN(CC6CCN(c7cccc8c7C(=O)N([C@H]7CCC(=O)NC7=O)C8=O)CC6)CC5)ncnc43)C2)n1. The summed E-state index contributed by atoms with van der Waals surface area (Å²) in [5.41, 5.74) is 4.28. The fourth-order valence-corrected chi connectivity index (χ4v) is 9.44. The first-order valence-corrected chi connectivity index (χ1v) is 20.7. The highest BCUT2D eigenvalue weighted by Gasteiger charge is 2.46. The van der Waals surface area contributed by atoms with Crippen LogP contribution in [0.4, 0.5) is 11.5 Å². The summed E-state index contributed by atoms with van der Waals surface area (Å²) in [7, 11) is 0. The maximum absolute atomic E-state index is 13.6. The van der Waals surface area contributed by atoms with Crippen LogP contribution in [0.3, 0.4) is 0 Å².